The molecule has 6 nitrogen and oxygen atoms in total. The molecule has 19 heavy (non-hydrogen) atoms. The van der Waals surface area contributed by atoms with Crippen LogP contribution in [0.3, 0.4) is 0 Å². The summed E-state index contributed by atoms with van der Waals surface area (Å²) in [6, 6.07) is -0.467. The maximum Gasteiger partial charge on any atom is 0.328 e. The van der Waals surface area contributed by atoms with Crippen molar-refractivity contribution in [2.24, 2.45) is 0 Å². The van der Waals surface area contributed by atoms with Gasteiger partial charge in [-0.3, -0.25) is 9.59 Å². The Bertz CT molecular complexity index is 342. The van der Waals surface area contributed by atoms with E-state index in [0.717, 1.165) is 12.8 Å². The summed E-state index contributed by atoms with van der Waals surface area (Å²) in [6.07, 6.45) is 3.85. The fourth-order valence-electron chi connectivity index (χ4n) is 2.31. The Morgan fingerprint density at radius 1 is 1.21 bits per heavy atom. The molecule has 1 atom stereocenters. The Kier molecular flexibility index (Phi) is 6.32. The van der Waals surface area contributed by atoms with Crippen LogP contribution in [-0.4, -0.2) is 47.5 Å². The standard InChI is InChI=1S/C13H21NO5/c1-19-13(18)10-6-4-5-9-14(10)11(15)7-2-3-8-12(16)17/h10H,2-9H2,1H3,(H,16,17). The average molecular weight is 271 g/mol. The molecule has 6 heteroatoms. The van der Waals surface area contributed by atoms with Gasteiger partial charge in [-0.2, -0.15) is 0 Å². The number of hydrogen-bond donors (Lipinski definition) is 1. The lowest BCUT2D eigenvalue weighted by molar-refractivity contribution is -0.154. The number of carboxylic acids is 1. The molecule has 0 aromatic carbocycles. The van der Waals surface area contributed by atoms with Crippen LogP contribution < -0.4 is 0 Å². The van der Waals surface area contributed by atoms with E-state index >= 15 is 0 Å². The molecule has 0 spiro atoms. The van der Waals surface area contributed by atoms with E-state index in [0.29, 0.717) is 32.2 Å². The van der Waals surface area contributed by atoms with Gasteiger partial charge in [0.25, 0.3) is 0 Å². The fourth-order valence-corrected chi connectivity index (χ4v) is 2.31. The van der Waals surface area contributed by atoms with Crippen molar-refractivity contribution < 1.29 is 24.2 Å². The van der Waals surface area contributed by atoms with Crippen LogP contribution in [0.15, 0.2) is 0 Å². The van der Waals surface area contributed by atoms with Gasteiger partial charge in [0.05, 0.1) is 7.11 Å². The predicted octanol–water partition coefficient (Wildman–Crippen LogP) is 1.19. The number of piperidine rings is 1. The number of hydrogen-bond acceptors (Lipinski definition) is 4. The van der Waals surface area contributed by atoms with Gasteiger partial charge in [0.15, 0.2) is 0 Å². The first-order valence-electron chi connectivity index (χ1n) is 6.65. The fraction of sp³-hybridized carbons (Fsp3) is 0.769. The quantitative estimate of drug-likeness (QED) is 0.579. The molecule has 1 aliphatic rings. The topological polar surface area (TPSA) is 83.9 Å². The highest BCUT2D eigenvalue weighted by Gasteiger charge is 2.32. The van der Waals surface area contributed by atoms with Crippen LogP contribution in [-0.2, 0) is 19.1 Å². The lowest BCUT2D eigenvalue weighted by Gasteiger charge is -2.33. The average Bonchev–Trinajstić information content (AvgIpc) is 2.42. The molecule has 0 aromatic heterocycles. The van der Waals surface area contributed by atoms with E-state index in [1.165, 1.54) is 7.11 Å². The molecule has 1 N–H and O–H groups in total. The lowest BCUT2D eigenvalue weighted by Crippen LogP contribution is -2.48. The zero-order valence-corrected chi connectivity index (χ0v) is 11.3. The Hall–Kier alpha value is -1.59. The minimum atomic E-state index is -0.849. The minimum absolute atomic E-state index is 0.0771. The third kappa shape index (κ3) is 4.89. The Morgan fingerprint density at radius 3 is 2.53 bits per heavy atom. The normalized spacial score (nSPS) is 19.0. The Labute approximate surface area is 112 Å². The van der Waals surface area contributed by atoms with Gasteiger partial charge >= 0.3 is 11.9 Å². The molecular weight excluding hydrogens is 250 g/mol. The smallest absolute Gasteiger partial charge is 0.328 e. The molecule has 1 heterocycles. The number of aliphatic carboxylic acids is 1. The first-order chi connectivity index (χ1) is 9.06. The number of methoxy groups -OCH3 is 1. The molecule has 0 aliphatic carbocycles. The van der Waals surface area contributed by atoms with Gasteiger partial charge in [0.2, 0.25) is 5.91 Å². The summed E-state index contributed by atoms with van der Waals surface area (Å²) < 4.78 is 4.72. The lowest BCUT2D eigenvalue weighted by atomic mass is 10.0. The van der Waals surface area contributed by atoms with Gasteiger partial charge in [0, 0.05) is 19.4 Å². The number of unbranched alkanes of at least 4 members (excludes halogenated alkanes) is 1. The first kappa shape index (κ1) is 15.5. The number of carbonyl (C=O) groups is 3. The van der Waals surface area contributed by atoms with Crippen molar-refractivity contribution in [3.05, 3.63) is 0 Å². The summed E-state index contributed by atoms with van der Waals surface area (Å²) in [5, 5.41) is 8.52. The number of ether oxygens (including phenoxy) is 1. The van der Waals surface area contributed by atoms with E-state index in [9.17, 15) is 14.4 Å². The molecule has 1 fully saturated rings. The Balaban J connectivity index is 2.43. The molecule has 1 amide bonds. The highest BCUT2D eigenvalue weighted by Crippen LogP contribution is 2.19. The van der Waals surface area contributed by atoms with E-state index in [4.69, 9.17) is 9.84 Å². The third-order valence-electron chi connectivity index (χ3n) is 3.33. The number of nitrogens with zero attached hydrogens (tertiary/aromatic N) is 1. The van der Waals surface area contributed by atoms with Crippen molar-refractivity contribution in [3.8, 4) is 0 Å². The van der Waals surface area contributed by atoms with E-state index in [1.54, 1.807) is 4.90 Å². The number of amides is 1. The molecule has 108 valence electrons. The largest absolute Gasteiger partial charge is 0.481 e. The van der Waals surface area contributed by atoms with Gasteiger partial charge in [-0.05, 0) is 32.1 Å². The van der Waals surface area contributed by atoms with Crippen LogP contribution in [0.4, 0.5) is 0 Å². The van der Waals surface area contributed by atoms with Crippen molar-refractivity contribution >= 4 is 17.8 Å². The minimum Gasteiger partial charge on any atom is -0.481 e. The van der Waals surface area contributed by atoms with Gasteiger partial charge in [-0.25, -0.2) is 4.79 Å². The van der Waals surface area contributed by atoms with Crippen molar-refractivity contribution in [3.63, 3.8) is 0 Å². The van der Waals surface area contributed by atoms with E-state index < -0.39 is 12.0 Å². The summed E-state index contributed by atoms with van der Waals surface area (Å²) in [7, 11) is 1.33. The summed E-state index contributed by atoms with van der Waals surface area (Å²) in [4.78, 5) is 35.6. The molecule has 1 aliphatic heterocycles. The van der Waals surface area contributed by atoms with Gasteiger partial charge < -0.3 is 14.7 Å². The molecule has 0 saturated carbocycles. The highest BCUT2D eigenvalue weighted by molar-refractivity contribution is 5.84. The van der Waals surface area contributed by atoms with Gasteiger partial charge in [-0.15, -0.1) is 0 Å². The van der Waals surface area contributed by atoms with Crippen LogP contribution >= 0.6 is 0 Å². The zero-order chi connectivity index (χ0) is 14.3. The maximum absolute atomic E-state index is 12.0. The maximum atomic E-state index is 12.0. The van der Waals surface area contributed by atoms with Crippen molar-refractivity contribution in [2.75, 3.05) is 13.7 Å². The van der Waals surface area contributed by atoms with Crippen molar-refractivity contribution in [1.29, 1.82) is 0 Å². The second-order valence-electron chi connectivity index (χ2n) is 4.72. The van der Waals surface area contributed by atoms with E-state index in [1.807, 2.05) is 0 Å². The number of rotatable bonds is 6. The van der Waals surface area contributed by atoms with Crippen LogP contribution in [0.2, 0.25) is 0 Å². The molecule has 0 aromatic rings. The predicted molar refractivity (Wildman–Crippen MR) is 67.5 cm³/mol. The number of carboxylic acid groups (broad SMARTS) is 1. The zero-order valence-electron chi connectivity index (χ0n) is 11.3. The summed E-state index contributed by atoms with van der Waals surface area (Å²) in [5.41, 5.74) is 0. The highest BCUT2D eigenvalue weighted by atomic mass is 16.5. The Morgan fingerprint density at radius 2 is 1.89 bits per heavy atom. The van der Waals surface area contributed by atoms with Gasteiger partial charge in [-0.1, -0.05) is 0 Å². The third-order valence-corrected chi connectivity index (χ3v) is 3.33. The molecule has 1 rings (SSSR count). The molecular formula is C13H21NO5. The molecule has 0 radical (unpaired) electrons. The van der Waals surface area contributed by atoms with Gasteiger partial charge in [0.1, 0.15) is 6.04 Å². The first-order valence-corrected chi connectivity index (χ1v) is 6.65. The van der Waals surface area contributed by atoms with Crippen LogP contribution in [0, 0.1) is 0 Å². The monoisotopic (exact) mass is 271 g/mol. The number of likely N-dealkylation sites (tertiary alicyclic amines) is 1. The van der Waals surface area contributed by atoms with Crippen LogP contribution in [0.1, 0.15) is 44.9 Å². The second kappa shape index (κ2) is 7.76. The van der Waals surface area contributed by atoms with Crippen LogP contribution in [0.5, 0.6) is 0 Å². The van der Waals surface area contributed by atoms with E-state index in [2.05, 4.69) is 0 Å². The van der Waals surface area contributed by atoms with Crippen molar-refractivity contribution in [1.82, 2.24) is 4.90 Å². The summed E-state index contributed by atoms with van der Waals surface area (Å²) in [5.74, 6) is -1.29. The molecule has 1 unspecified atom stereocenters. The van der Waals surface area contributed by atoms with E-state index in [-0.39, 0.29) is 18.3 Å². The van der Waals surface area contributed by atoms with Crippen LogP contribution in [0.25, 0.3) is 0 Å². The number of esters is 1. The summed E-state index contributed by atoms with van der Waals surface area (Å²) >= 11 is 0. The van der Waals surface area contributed by atoms with Crippen molar-refractivity contribution in [2.45, 2.75) is 51.0 Å². The SMILES string of the molecule is COC(=O)C1CCCCN1C(=O)CCCCC(=O)O. The molecule has 1 saturated heterocycles. The number of carbonyl (C=O) groups excluding carboxylic acids is 2. The second-order valence-corrected chi connectivity index (χ2v) is 4.72. The summed E-state index contributed by atoms with van der Waals surface area (Å²) in [6.45, 7) is 0.581. The molecule has 0 bridgehead atoms.